The number of hydrogen-bond acceptors (Lipinski definition) is 1. The Morgan fingerprint density at radius 1 is 1.35 bits per heavy atom. The van der Waals surface area contributed by atoms with Gasteiger partial charge in [-0.3, -0.25) is 0 Å². The lowest BCUT2D eigenvalue weighted by atomic mass is 9.91. The van der Waals surface area contributed by atoms with Crippen LogP contribution in [0.5, 0.6) is 0 Å². The average Bonchev–Trinajstić information content (AvgIpc) is 2.28. The first-order chi connectivity index (χ1) is 8.11. The number of hydrogen-bond donors (Lipinski definition) is 1. The zero-order valence-electron chi connectivity index (χ0n) is 10.8. The van der Waals surface area contributed by atoms with E-state index in [9.17, 15) is 0 Å². The Bertz CT molecular complexity index is 334. The summed E-state index contributed by atoms with van der Waals surface area (Å²) in [5, 5.41) is 4.39. The van der Waals surface area contributed by atoms with E-state index < -0.39 is 0 Å². The molecule has 0 heterocycles. The predicted octanol–water partition coefficient (Wildman–Crippen LogP) is 5.19. The van der Waals surface area contributed by atoms with Gasteiger partial charge in [-0.15, -0.1) is 0 Å². The van der Waals surface area contributed by atoms with Crippen molar-refractivity contribution in [3.63, 3.8) is 0 Å². The smallest absolute Gasteiger partial charge is 0.0465 e. The van der Waals surface area contributed by atoms with E-state index in [1.807, 2.05) is 12.1 Å². The van der Waals surface area contributed by atoms with Crippen molar-refractivity contribution in [3.05, 3.63) is 33.3 Å². The lowest BCUT2D eigenvalue weighted by Gasteiger charge is -2.27. The molecule has 1 N–H and O–H groups in total. The summed E-state index contributed by atoms with van der Waals surface area (Å²) in [6.07, 6.45) is 2.40. The van der Waals surface area contributed by atoms with Crippen LogP contribution >= 0.6 is 27.5 Å². The molecule has 2 atom stereocenters. The summed E-state index contributed by atoms with van der Waals surface area (Å²) in [6.45, 7) is 7.60. The largest absolute Gasteiger partial charge is 0.310 e. The Morgan fingerprint density at radius 3 is 2.59 bits per heavy atom. The highest BCUT2D eigenvalue weighted by Crippen LogP contribution is 2.35. The summed E-state index contributed by atoms with van der Waals surface area (Å²) in [7, 11) is 0. The zero-order chi connectivity index (χ0) is 12.8. The monoisotopic (exact) mass is 317 g/mol. The van der Waals surface area contributed by atoms with Crippen molar-refractivity contribution >= 4 is 27.5 Å². The van der Waals surface area contributed by atoms with Crippen LogP contribution in [0, 0.1) is 5.92 Å². The van der Waals surface area contributed by atoms with E-state index in [4.69, 9.17) is 11.6 Å². The van der Waals surface area contributed by atoms with Crippen molar-refractivity contribution in [1.82, 2.24) is 5.32 Å². The molecular weight excluding hydrogens is 298 g/mol. The first-order valence-electron chi connectivity index (χ1n) is 6.29. The summed E-state index contributed by atoms with van der Waals surface area (Å²) >= 11 is 9.95. The molecule has 96 valence electrons. The fourth-order valence-corrected chi connectivity index (χ4v) is 3.26. The van der Waals surface area contributed by atoms with Crippen LogP contribution in [0.3, 0.4) is 0 Å². The normalized spacial score (nSPS) is 14.6. The third-order valence-corrected chi connectivity index (χ3v) is 4.07. The third kappa shape index (κ3) is 3.97. The van der Waals surface area contributed by atoms with Crippen molar-refractivity contribution in [2.24, 2.45) is 5.92 Å². The van der Waals surface area contributed by atoms with Gasteiger partial charge in [0.1, 0.15) is 0 Å². The fraction of sp³-hybridized carbons (Fsp3) is 0.571. The molecule has 1 rings (SSSR count). The minimum Gasteiger partial charge on any atom is -0.310 e. The maximum absolute atomic E-state index is 6.33. The Morgan fingerprint density at radius 2 is 2.06 bits per heavy atom. The zero-order valence-corrected chi connectivity index (χ0v) is 13.1. The van der Waals surface area contributed by atoms with Gasteiger partial charge in [0, 0.05) is 21.1 Å². The summed E-state index contributed by atoms with van der Waals surface area (Å²) in [6, 6.07) is 6.32. The number of benzene rings is 1. The van der Waals surface area contributed by atoms with Crippen molar-refractivity contribution in [1.29, 1.82) is 0 Å². The van der Waals surface area contributed by atoms with Crippen LogP contribution < -0.4 is 5.32 Å². The molecule has 0 bridgehead atoms. The van der Waals surface area contributed by atoms with Crippen molar-refractivity contribution in [3.8, 4) is 0 Å². The van der Waals surface area contributed by atoms with Crippen LogP contribution in [0.15, 0.2) is 22.7 Å². The van der Waals surface area contributed by atoms with Gasteiger partial charge in [0.2, 0.25) is 0 Å². The quantitative estimate of drug-likeness (QED) is 0.761. The van der Waals surface area contributed by atoms with Gasteiger partial charge < -0.3 is 5.32 Å². The minimum atomic E-state index is 0.322. The maximum atomic E-state index is 6.33. The van der Waals surface area contributed by atoms with E-state index in [-0.39, 0.29) is 0 Å². The van der Waals surface area contributed by atoms with Gasteiger partial charge in [-0.05, 0) is 31.0 Å². The second kappa shape index (κ2) is 7.40. The number of halogens is 2. The van der Waals surface area contributed by atoms with Gasteiger partial charge in [-0.2, -0.15) is 0 Å². The number of nitrogens with one attached hydrogen (secondary N) is 1. The first-order valence-corrected chi connectivity index (χ1v) is 7.46. The summed E-state index contributed by atoms with van der Waals surface area (Å²) in [5.74, 6) is 0.580. The Balaban J connectivity index is 3.04. The molecule has 1 aromatic rings. The third-order valence-electron chi connectivity index (χ3n) is 3.05. The van der Waals surface area contributed by atoms with Crippen LogP contribution in [-0.4, -0.2) is 6.54 Å². The average molecular weight is 319 g/mol. The summed E-state index contributed by atoms with van der Waals surface area (Å²) < 4.78 is 1.10. The molecule has 0 radical (unpaired) electrons. The Labute approximate surface area is 118 Å². The first kappa shape index (κ1) is 15.0. The molecule has 1 nitrogen and oxygen atoms in total. The Hall–Kier alpha value is -0.0500. The van der Waals surface area contributed by atoms with Gasteiger partial charge >= 0.3 is 0 Å². The van der Waals surface area contributed by atoms with Gasteiger partial charge in [0.25, 0.3) is 0 Å². The van der Waals surface area contributed by atoms with E-state index in [0.717, 1.165) is 16.0 Å². The topological polar surface area (TPSA) is 12.0 Å². The molecule has 0 saturated heterocycles. The minimum absolute atomic E-state index is 0.322. The van der Waals surface area contributed by atoms with E-state index in [2.05, 4.69) is 48.1 Å². The highest BCUT2D eigenvalue weighted by atomic mass is 79.9. The van der Waals surface area contributed by atoms with Crippen LogP contribution in [0.2, 0.25) is 5.02 Å². The van der Waals surface area contributed by atoms with E-state index in [0.29, 0.717) is 12.0 Å². The van der Waals surface area contributed by atoms with E-state index in [1.54, 1.807) is 0 Å². The highest BCUT2D eigenvalue weighted by Gasteiger charge is 2.22. The predicted molar refractivity (Wildman–Crippen MR) is 79.6 cm³/mol. The molecule has 3 heteroatoms. The van der Waals surface area contributed by atoms with Gasteiger partial charge in [0.05, 0.1) is 0 Å². The molecule has 2 unspecified atom stereocenters. The maximum Gasteiger partial charge on any atom is 0.0465 e. The molecule has 0 spiro atoms. The van der Waals surface area contributed by atoms with E-state index in [1.165, 1.54) is 18.4 Å². The molecule has 0 aromatic heterocycles. The lowest BCUT2D eigenvalue weighted by Crippen LogP contribution is -2.27. The van der Waals surface area contributed by atoms with Gasteiger partial charge in [-0.1, -0.05) is 60.8 Å². The van der Waals surface area contributed by atoms with Crippen LogP contribution in [0.25, 0.3) is 0 Å². The van der Waals surface area contributed by atoms with Crippen LogP contribution in [-0.2, 0) is 0 Å². The molecular formula is C14H21BrClN. The molecule has 0 aliphatic rings. The summed E-state index contributed by atoms with van der Waals surface area (Å²) in [4.78, 5) is 0. The lowest BCUT2D eigenvalue weighted by molar-refractivity contribution is 0.368. The molecule has 0 aliphatic heterocycles. The Kier molecular flexibility index (Phi) is 6.53. The van der Waals surface area contributed by atoms with Crippen LogP contribution in [0.4, 0.5) is 0 Å². The fourth-order valence-electron chi connectivity index (χ4n) is 2.24. The second-order valence-electron chi connectivity index (χ2n) is 4.44. The molecule has 0 aliphatic carbocycles. The SMILES string of the molecule is CCCC(C)C(NCC)c1c(Cl)cccc1Br. The van der Waals surface area contributed by atoms with Crippen molar-refractivity contribution in [2.75, 3.05) is 6.54 Å². The van der Waals surface area contributed by atoms with Crippen LogP contribution in [0.1, 0.15) is 45.2 Å². The second-order valence-corrected chi connectivity index (χ2v) is 5.70. The van der Waals surface area contributed by atoms with Crippen molar-refractivity contribution in [2.45, 2.75) is 39.7 Å². The molecule has 0 amide bonds. The number of rotatable bonds is 6. The standard InChI is InChI=1S/C14H21BrClN/c1-4-7-10(3)14(17-5-2)13-11(15)8-6-9-12(13)16/h6,8-10,14,17H,4-5,7H2,1-3H3. The van der Waals surface area contributed by atoms with Crippen molar-refractivity contribution < 1.29 is 0 Å². The van der Waals surface area contributed by atoms with E-state index >= 15 is 0 Å². The van der Waals surface area contributed by atoms with Gasteiger partial charge in [0.15, 0.2) is 0 Å². The summed E-state index contributed by atoms with van der Waals surface area (Å²) in [5.41, 5.74) is 1.19. The molecule has 0 fully saturated rings. The van der Waals surface area contributed by atoms with Gasteiger partial charge in [-0.25, -0.2) is 0 Å². The highest BCUT2D eigenvalue weighted by molar-refractivity contribution is 9.10. The molecule has 0 saturated carbocycles. The molecule has 1 aromatic carbocycles. The molecule has 17 heavy (non-hydrogen) atoms.